The maximum Gasteiger partial charge on any atom is 0.165 e. The average Bonchev–Trinajstić information content (AvgIpc) is 1.53. The second-order valence-electron chi connectivity index (χ2n) is 25.2. The van der Waals surface area contributed by atoms with Crippen molar-refractivity contribution in [3.8, 4) is 164 Å². The van der Waals surface area contributed by atoms with E-state index in [1.807, 2.05) is 182 Å². The summed E-state index contributed by atoms with van der Waals surface area (Å²) >= 11 is 0. The lowest BCUT2D eigenvalue weighted by Gasteiger charge is -2.28. The highest BCUT2D eigenvalue weighted by Crippen LogP contribution is 2.56. The van der Waals surface area contributed by atoms with Crippen molar-refractivity contribution >= 4 is 21.8 Å². The Morgan fingerprint density at radius 3 is 0.709 bits per heavy atom. The van der Waals surface area contributed by atoms with Gasteiger partial charge in [0.15, 0.2) is 52.4 Å². The Kier molecular flexibility index (Phi) is 16.0. The van der Waals surface area contributed by atoms with E-state index in [0.29, 0.717) is 63.5 Å². The molecule has 10 nitrogen and oxygen atoms in total. The zero-order valence-electron chi connectivity index (χ0n) is 55.6. The highest BCUT2D eigenvalue weighted by Gasteiger charge is 2.34. The number of nitrogens with zero attached hydrogens (tertiary/aromatic N) is 10. The summed E-state index contributed by atoms with van der Waals surface area (Å²) < 4.78 is 2.38. The number of fused-ring (bicyclic) bond motifs is 3. The monoisotopic (exact) mass is 1320 g/mol. The van der Waals surface area contributed by atoms with Crippen molar-refractivity contribution in [2.75, 3.05) is 0 Å². The molecule has 0 unspecified atom stereocenters. The third-order valence-electron chi connectivity index (χ3n) is 18.8. The molecule has 18 aromatic rings. The molecule has 0 aliphatic carbocycles. The van der Waals surface area contributed by atoms with Gasteiger partial charge < -0.3 is 4.57 Å². The van der Waals surface area contributed by atoms with E-state index in [0.717, 1.165) is 106 Å². The van der Waals surface area contributed by atoms with Gasteiger partial charge in [-0.1, -0.05) is 334 Å². The number of rotatable bonds is 15. The molecule has 4 aromatic heterocycles. The molecule has 0 atom stereocenters. The minimum Gasteiger partial charge on any atom is -0.309 e. The van der Waals surface area contributed by atoms with Crippen LogP contribution in [0, 0.1) is 0 Å². The number of para-hydroxylation sites is 1. The van der Waals surface area contributed by atoms with Crippen LogP contribution in [0.15, 0.2) is 364 Å². The van der Waals surface area contributed by atoms with Gasteiger partial charge in [-0.2, -0.15) is 0 Å². The van der Waals surface area contributed by atoms with Gasteiger partial charge in [-0.25, -0.2) is 44.9 Å². The molecule has 0 fully saturated rings. The van der Waals surface area contributed by atoms with Gasteiger partial charge >= 0.3 is 0 Å². The molecule has 482 valence electrons. The summed E-state index contributed by atoms with van der Waals surface area (Å²) in [5.74, 6) is 4.49. The van der Waals surface area contributed by atoms with Crippen LogP contribution >= 0.6 is 0 Å². The highest BCUT2D eigenvalue weighted by molar-refractivity contribution is 6.15. The van der Waals surface area contributed by atoms with Crippen LogP contribution in [0.3, 0.4) is 0 Å². The van der Waals surface area contributed by atoms with Gasteiger partial charge in [0.1, 0.15) is 0 Å². The molecule has 10 heteroatoms. The third kappa shape index (κ3) is 11.9. The lowest BCUT2D eigenvalue weighted by atomic mass is 9.76. The van der Waals surface area contributed by atoms with Gasteiger partial charge in [-0.3, -0.25) is 0 Å². The Labute approximate surface area is 595 Å². The molecule has 0 aliphatic heterocycles. The van der Waals surface area contributed by atoms with Gasteiger partial charge in [0.25, 0.3) is 0 Å². The topological polar surface area (TPSA) is 121 Å². The fourth-order valence-corrected chi connectivity index (χ4v) is 14.0. The van der Waals surface area contributed by atoms with Crippen LogP contribution < -0.4 is 0 Å². The van der Waals surface area contributed by atoms with Gasteiger partial charge in [0, 0.05) is 77.7 Å². The quantitative estimate of drug-likeness (QED) is 0.0988. The molecule has 0 saturated heterocycles. The van der Waals surface area contributed by atoms with Crippen LogP contribution in [0.4, 0.5) is 0 Å². The van der Waals surface area contributed by atoms with Crippen LogP contribution in [-0.4, -0.2) is 49.4 Å². The molecule has 103 heavy (non-hydrogen) atoms. The number of aromatic nitrogens is 10. The molecular formula is C93H60N10. The zero-order valence-corrected chi connectivity index (χ0v) is 55.6. The van der Waals surface area contributed by atoms with Crippen molar-refractivity contribution in [1.29, 1.82) is 0 Å². The summed E-state index contributed by atoms with van der Waals surface area (Å²) in [6, 6.07) is 126. The van der Waals surface area contributed by atoms with Crippen LogP contribution in [0.1, 0.15) is 0 Å². The molecule has 0 N–H and O–H groups in total. The molecule has 18 rings (SSSR count). The molecule has 0 radical (unpaired) electrons. The minimum atomic E-state index is 0.412. The molecule has 0 saturated carbocycles. The number of benzene rings is 14. The summed E-state index contributed by atoms with van der Waals surface area (Å²) in [6.07, 6.45) is 0. The third-order valence-corrected chi connectivity index (χ3v) is 18.8. The van der Waals surface area contributed by atoms with E-state index in [2.05, 4.69) is 187 Å². The predicted molar refractivity (Wildman–Crippen MR) is 417 cm³/mol. The lowest BCUT2D eigenvalue weighted by molar-refractivity contribution is 1.06. The van der Waals surface area contributed by atoms with E-state index >= 15 is 0 Å². The van der Waals surface area contributed by atoms with Crippen molar-refractivity contribution < 1.29 is 0 Å². The second kappa shape index (κ2) is 27.0. The van der Waals surface area contributed by atoms with E-state index < -0.39 is 0 Å². The summed E-state index contributed by atoms with van der Waals surface area (Å²) in [5, 5.41) is 2.34. The Hall–Kier alpha value is -14.1. The highest BCUT2D eigenvalue weighted by atomic mass is 15.1. The first-order valence-electron chi connectivity index (χ1n) is 34.4. The smallest absolute Gasteiger partial charge is 0.165 e. The van der Waals surface area contributed by atoms with Crippen molar-refractivity contribution in [2.24, 2.45) is 0 Å². The molecule has 14 aromatic carbocycles. The number of hydrogen-bond acceptors (Lipinski definition) is 9. The summed E-state index contributed by atoms with van der Waals surface area (Å²) in [5.41, 5.74) is 19.9. The van der Waals surface area contributed by atoms with Crippen molar-refractivity contribution in [3.05, 3.63) is 364 Å². The van der Waals surface area contributed by atoms with E-state index in [9.17, 15) is 0 Å². The van der Waals surface area contributed by atoms with Crippen molar-refractivity contribution in [1.82, 2.24) is 49.4 Å². The summed E-state index contributed by atoms with van der Waals surface area (Å²) in [4.78, 5) is 49.1. The molecule has 4 heterocycles. The summed E-state index contributed by atoms with van der Waals surface area (Å²) in [6.45, 7) is 0. The van der Waals surface area contributed by atoms with Crippen LogP contribution in [0.5, 0.6) is 0 Å². The SMILES string of the molecule is c1ccc(-c2ccc3c(c2)c2ccccc2n3-c2ccc(-c3c(-c4ccc(-c5nc(-c6ccccc6)nc(-c6ccccc6)n5)cc4)c(-c4ccccc4)c(-c4nc(-c5ccccc5)nc(-c5ccccc5)n4)c(-c4nc(-c5ccccc5)nc(-c5ccccc5)n4)c3-c3ccccc3)cc2)cc1. The van der Waals surface area contributed by atoms with E-state index in [1.54, 1.807) is 0 Å². The normalized spacial score (nSPS) is 11.3. The fourth-order valence-electron chi connectivity index (χ4n) is 14.0. The van der Waals surface area contributed by atoms with Crippen LogP contribution in [0.2, 0.25) is 0 Å². The van der Waals surface area contributed by atoms with Crippen LogP contribution in [-0.2, 0) is 0 Å². The van der Waals surface area contributed by atoms with Crippen LogP contribution in [0.25, 0.3) is 186 Å². The van der Waals surface area contributed by atoms with Crippen molar-refractivity contribution in [2.45, 2.75) is 0 Å². The van der Waals surface area contributed by atoms with E-state index in [-0.39, 0.29) is 0 Å². The Bertz CT molecular complexity index is 5920. The standard InChI is InChI=1S/C93H60N10/c1-10-30-61(31-11-1)73-56-59-78-76(60-73)75-48-28-29-49-77(75)103(78)74-57-54-65(55-58-74)80-79(64-50-52-72(53-51-64)91-95-85(66-36-16-4-17-37-66)94-86(96-91)67-38-18-5-19-39-67)81(62-32-12-2-13-33-62)83(92-99-87(68-40-20-6-21-41-68)97-88(100-92)69-42-22-7-23-43-69)84(82(80)63-34-14-3-15-35-63)93-101-89(70-44-24-8-25-45-70)98-90(102-93)71-46-26-9-27-47-71/h1-60H. The van der Waals surface area contributed by atoms with Gasteiger partial charge in [0.05, 0.1) is 11.0 Å². The zero-order chi connectivity index (χ0) is 68.4. The fraction of sp³-hybridized carbons (Fsp3) is 0. The number of hydrogen-bond donors (Lipinski definition) is 0. The van der Waals surface area contributed by atoms with E-state index in [4.69, 9.17) is 44.9 Å². The maximum atomic E-state index is 5.72. The Morgan fingerprint density at radius 1 is 0.146 bits per heavy atom. The molecular weight excluding hydrogens is 1260 g/mol. The van der Waals surface area contributed by atoms with Gasteiger partial charge in [-0.05, 0) is 74.8 Å². The Morgan fingerprint density at radius 2 is 0.369 bits per heavy atom. The average molecular weight is 1320 g/mol. The molecule has 0 amide bonds. The van der Waals surface area contributed by atoms with Gasteiger partial charge in [-0.15, -0.1) is 0 Å². The maximum absolute atomic E-state index is 5.72. The van der Waals surface area contributed by atoms with Crippen molar-refractivity contribution in [3.63, 3.8) is 0 Å². The largest absolute Gasteiger partial charge is 0.309 e. The molecule has 0 spiro atoms. The van der Waals surface area contributed by atoms with Gasteiger partial charge in [0.2, 0.25) is 0 Å². The second-order valence-corrected chi connectivity index (χ2v) is 25.2. The lowest BCUT2D eigenvalue weighted by Crippen LogP contribution is -2.08. The first-order valence-corrected chi connectivity index (χ1v) is 34.4. The molecule has 0 aliphatic rings. The summed E-state index contributed by atoms with van der Waals surface area (Å²) in [7, 11) is 0. The predicted octanol–water partition coefficient (Wildman–Crippen LogP) is 22.7. The Balaban J connectivity index is 0.985. The minimum absolute atomic E-state index is 0.412. The first-order chi connectivity index (χ1) is 51.1. The first kappa shape index (κ1) is 61.3. The van der Waals surface area contributed by atoms with E-state index in [1.165, 1.54) is 16.3 Å². The molecule has 0 bridgehead atoms.